The molecule has 4 nitrogen and oxygen atoms in total. The van der Waals surface area contributed by atoms with Gasteiger partial charge >= 0.3 is 0 Å². The molecule has 86 valence electrons. The maximum atomic E-state index is 5.63. The average Bonchev–Trinajstić information content (AvgIpc) is 2.96. The van der Waals surface area contributed by atoms with Crippen LogP contribution in [0.2, 0.25) is 0 Å². The third-order valence-electron chi connectivity index (χ3n) is 3.02. The van der Waals surface area contributed by atoms with Crippen molar-refractivity contribution >= 4 is 17.2 Å². The quantitative estimate of drug-likeness (QED) is 0.811. The molecular formula is C12H12N4S. The molecule has 0 amide bonds. The van der Waals surface area contributed by atoms with Crippen LogP contribution in [-0.2, 0) is 12.8 Å². The van der Waals surface area contributed by atoms with Crippen molar-refractivity contribution in [2.24, 2.45) is 5.73 Å². The molecule has 5 heteroatoms. The smallest absolute Gasteiger partial charge is 0.173 e. The first-order valence-electron chi connectivity index (χ1n) is 5.58. The van der Waals surface area contributed by atoms with Crippen LogP contribution in [0.1, 0.15) is 23.5 Å². The zero-order valence-electron chi connectivity index (χ0n) is 9.26. The third kappa shape index (κ3) is 1.72. The van der Waals surface area contributed by atoms with Gasteiger partial charge < -0.3 is 5.73 Å². The van der Waals surface area contributed by atoms with Gasteiger partial charge in [0.05, 0.1) is 0 Å². The normalized spacial score (nSPS) is 13.6. The summed E-state index contributed by atoms with van der Waals surface area (Å²) >= 11 is 4.97. The number of aromatic nitrogens is 3. The minimum absolute atomic E-state index is 0.289. The van der Waals surface area contributed by atoms with Gasteiger partial charge in [0.2, 0.25) is 0 Å². The van der Waals surface area contributed by atoms with Gasteiger partial charge in [0.15, 0.2) is 5.82 Å². The first-order valence-corrected chi connectivity index (χ1v) is 5.99. The third-order valence-corrected chi connectivity index (χ3v) is 3.20. The number of nitrogens with two attached hydrogens (primary N) is 1. The Balaban J connectivity index is 2.09. The van der Waals surface area contributed by atoms with Crippen LogP contribution in [-0.4, -0.2) is 19.5 Å². The summed E-state index contributed by atoms with van der Waals surface area (Å²) in [5, 5.41) is 0. The number of hydrogen-bond donors (Lipinski definition) is 1. The number of rotatable bonds is 2. The Labute approximate surface area is 104 Å². The molecule has 2 aromatic rings. The van der Waals surface area contributed by atoms with Crippen LogP contribution >= 0.6 is 12.2 Å². The number of thiocarbonyl (C=S) groups is 1. The molecule has 2 N–H and O–H groups in total. The predicted molar refractivity (Wildman–Crippen MR) is 69.3 cm³/mol. The highest BCUT2D eigenvalue weighted by molar-refractivity contribution is 7.80. The van der Waals surface area contributed by atoms with Crippen LogP contribution in [0.3, 0.4) is 0 Å². The van der Waals surface area contributed by atoms with E-state index in [2.05, 4.69) is 16.0 Å². The highest BCUT2D eigenvalue weighted by Crippen LogP contribution is 2.21. The van der Waals surface area contributed by atoms with Crippen LogP contribution < -0.4 is 5.73 Å². The molecule has 0 radical (unpaired) electrons. The van der Waals surface area contributed by atoms with E-state index in [-0.39, 0.29) is 4.99 Å². The molecule has 1 aliphatic carbocycles. The average molecular weight is 244 g/mol. The highest BCUT2D eigenvalue weighted by Gasteiger charge is 2.14. The summed E-state index contributed by atoms with van der Waals surface area (Å²) in [7, 11) is 0. The van der Waals surface area contributed by atoms with E-state index in [1.165, 1.54) is 17.7 Å². The number of aryl methyl sites for hydroxylation is 2. The molecule has 0 atom stereocenters. The summed E-state index contributed by atoms with van der Waals surface area (Å²) in [5.41, 5.74) is 8.17. The molecular weight excluding hydrogens is 232 g/mol. The molecule has 0 aromatic carbocycles. The number of imidazole rings is 1. The number of pyridine rings is 1. The Hall–Kier alpha value is -1.75. The molecule has 0 aliphatic heterocycles. The minimum atomic E-state index is 0.289. The molecule has 0 saturated heterocycles. The topological polar surface area (TPSA) is 56.7 Å². The molecule has 0 spiro atoms. The van der Waals surface area contributed by atoms with Crippen molar-refractivity contribution in [3.8, 4) is 5.82 Å². The van der Waals surface area contributed by atoms with Gasteiger partial charge in [-0.05, 0) is 30.9 Å². The van der Waals surface area contributed by atoms with Gasteiger partial charge in [0.1, 0.15) is 10.8 Å². The molecule has 2 aromatic heterocycles. The summed E-state index contributed by atoms with van der Waals surface area (Å²) in [6.45, 7) is 0. The zero-order valence-corrected chi connectivity index (χ0v) is 10.1. The first kappa shape index (κ1) is 10.4. The van der Waals surface area contributed by atoms with E-state index >= 15 is 0 Å². The number of fused-ring (bicyclic) bond motifs is 1. The van der Waals surface area contributed by atoms with Crippen LogP contribution in [0.5, 0.6) is 0 Å². The van der Waals surface area contributed by atoms with E-state index in [9.17, 15) is 0 Å². The van der Waals surface area contributed by atoms with Crippen LogP contribution in [0, 0.1) is 0 Å². The van der Waals surface area contributed by atoms with E-state index in [0.29, 0.717) is 5.82 Å². The van der Waals surface area contributed by atoms with E-state index < -0.39 is 0 Å². The van der Waals surface area contributed by atoms with Crippen LogP contribution in [0.4, 0.5) is 0 Å². The zero-order chi connectivity index (χ0) is 11.8. The molecule has 17 heavy (non-hydrogen) atoms. The fourth-order valence-corrected chi connectivity index (χ4v) is 2.36. The molecule has 0 saturated carbocycles. The highest BCUT2D eigenvalue weighted by atomic mass is 32.1. The maximum absolute atomic E-state index is 5.63. The SMILES string of the molecule is NC(=S)c1nccn1-c1ccc2c(n1)CCC2. The summed E-state index contributed by atoms with van der Waals surface area (Å²) < 4.78 is 1.83. The van der Waals surface area contributed by atoms with Gasteiger partial charge in [-0.3, -0.25) is 4.57 Å². The van der Waals surface area contributed by atoms with E-state index in [1.807, 2.05) is 16.8 Å². The summed E-state index contributed by atoms with van der Waals surface area (Å²) in [6, 6.07) is 4.13. The predicted octanol–water partition coefficient (Wildman–Crippen LogP) is 1.39. The van der Waals surface area contributed by atoms with E-state index in [4.69, 9.17) is 18.0 Å². The second-order valence-corrected chi connectivity index (χ2v) is 4.55. The minimum Gasteiger partial charge on any atom is -0.387 e. The van der Waals surface area contributed by atoms with Crippen molar-refractivity contribution in [3.63, 3.8) is 0 Å². The molecule has 0 fully saturated rings. The Bertz CT molecular complexity index is 588. The largest absolute Gasteiger partial charge is 0.387 e. The Morgan fingerprint density at radius 3 is 3.06 bits per heavy atom. The second-order valence-electron chi connectivity index (χ2n) is 4.11. The summed E-state index contributed by atoms with van der Waals surface area (Å²) in [5.74, 6) is 1.43. The molecule has 2 heterocycles. The van der Waals surface area contributed by atoms with E-state index in [0.717, 1.165) is 18.7 Å². The number of hydrogen-bond acceptors (Lipinski definition) is 3. The summed E-state index contributed by atoms with van der Waals surface area (Å²) in [4.78, 5) is 9.08. The Kier molecular flexibility index (Phi) is 2.40. The molecule has 0 unspecified atom stereocenters. The molecule has 3 rings (SSSR count). The van der Waals surface area contributed by atoms with Crippen molar-refractivity contribution in [1.29, 1.82) is 0 Å². The first-order chi connectivity index (χ1) is 8.25. The molecule has 1 aliphatic rings. The van der Waals surface area contributed by atoms with Crippen molar-refractivity contribution in [2.45, 2.75) is 19.3 Å². The second kappa shape index (κ2) is 3.92. The Morgan fingerprint density at radius 1 is 1.35 bits per heavy atom. The van der Waals surface area contributed by atoms with Crippen LogP contribution in [0.15, 0.2) is 24.5 Å². The van der Waals surface area contributed by atoms with Gasteiger partial charge in [-0.2, -0.15) is 0 Å². The fraction of sp³-hybridized carbons (Fsp3) is 0.250. The standard InChI is InChI=1S/C12H12N4S/c13-11(17)12-14-6-7-16(12)10-5-4-8-2-1-3-9(8)15-10/h4-7H,1-3H2,(H2,13,17). The summed E-state index contributed by atoms with van der Waals surface area (Å²) in [6.07, 6.45) is 6.90. The fourth-order valence-electron chi connectivity index (χ4n) is 2.21. The lowest BCUT2D eigenvalue weighted by molar-refractivity contribution is 0.889. The lowest BCUT2D eigenvalue weighted by Gasteiger charge is -2.07. The van der Waals surface area contributed by atoms with E-state index in [1.54, 1.807) is 6.20 Å². The van der Waals surface area contributed by atoms with Gasteiger partial charge in [-0.1, -0.05) is 18.3 Å². The van der Waals surface area contributed by atoms with Gasteiger partial charge in [-0.25, -0.2) is 9.97 Å². The van der Waals surface area contributed by atoms with Crippen molar-refractivity contribution in [3.05, 3.63) is 41.6 Å². The van der Waals surface area contributed by atoms with Crippen LogP contribution in [0.25, 0.3) is 5.82 Å². The monoisotopic (exact) mass is 244 g/mol. The Morgan fingerprint density at radius 2 is 2.24 bits per heavy atom. The lowest BCUT2D eigenvalue weighted by atomic mass is 10.2. The van der Waals surface area contributed by atoms with Crippen molar-refractivity contribution in [1.82, 2.24) is 14.5 Å². The number of nitrogens with zero attached hydrogens (tertiary/aromatic N) is 3. The van der Waals surface area contributed by atoms with Crippen molar-refractivity contribution < 1.29 is 0 Å². The molecule has 0 bridgehead atoms. The van der Waals surface area contributed by atoms with Crippen molar-refractivity contribution in [2.75, 3.05) is 0 Å². The lowest BCUT2D eigenvalue weighted by Crippen LogP contribution is -2.16. The van der Waals surface area contributed by atoms with Gasteiger partial charge in [0.25, 0.3) is 0 Å². The van der Waals surface area contributed by atoms with Gasteiger partial charge in [-0.15, -0.1) is 0 Å². The maximum Gasteiger partial charge on any atom is 0.173 e. The van der Waals surface area contributed by atoms with Gasteiger partial charge in [0, 0.05) is 18.1 Å².